The van der Waals surface area contributed by atoms with E-state index in [-0.39, 0.29) is 16.5 Å². The Balaban J connectivity index is 1.66. The molecule has 180 valence electrons. The van der Waals surface area contributed by atoms with Gasteiger partial charge in [0.1, 0.15) is 29.7 Å². The van der Waals surface area contributed by atoms with E-state index in [0.29, 0.717) is 53.2 Å². The number of fused-ring (bicyclic) bond motifs is 1. The SMILES string of the molecule is CCCOc1cccc(C2C(=C(O)c3ccc4c(c3)OCCO4)C(=O)C(=O)N2c2nnc(C)s2)c1. The largest absolute Gasteiger partial charge is 0.507 e. The predicted octanol–water partition coefficient (Wildman–Crippen LogP) is 4.03. The quantitative estimate of drug-likeness (QED) is 0.311. The molecule has 1 atom stereocenters. The lowest BCUT2D eigenvalue weighted by Gasteiger charge is -2.23. The maximum atomic E-state index is 13.3. The molecule has 2 aromatic carbocycles. The fourth-order valence-corrected chi connectivity index (χ4v) is 4.78. The lowest BCUT2D eigenvalue weighted by Crippen LogP contribution is -2.29. The van der Waals surface area contributed by atoms with Crippen LogP contribution in [0.4, 0.5) is 5.13 Å². The molecular weight excluding hydrogens is 470 g/mol. The number of ether oxygens (including phenoxy) is 3. The van der Waals surface area contributed by atoms with Gasteiger partial charge in [0.2, 0.25) is 5.13 Å². The van der Waals surface area contributed by atoms with Gasteiger partial charge in [0, 0.05) is 5.56 Å². The standard InChI is InChI=1S/C25H23N3O6S/c1-3-9-32-17-6-4-5-15(12-17)21-20(23(30)24(31)28(21)25-27-26-14(2)35-25)22(29)16-7-8-18-19(13-16)34-11-10-33-18/h4-8,12-13,21,29H,3,9-11H2,1-2H3. The van der Waals surface area contributed by atoms with Crippen molar-refractivity contribution >= 4 is 33.9 Å². The Hall–Kier alpha value is -3.92. The van der Waals surface area contributed by atoms with E-state index < -0.39 is 17.7 Å². The molecule has 3 heterocycles. The molecule has 3 aromatic rings. The van der Waals surface area contributed by atoms with Crippen molar-refractivity contribution in [3.05, 3.63) is 64.2 Å². The van der Waals surface area contributed by atoms with Crippen LogP contribution in [0, 0.1) is 6.92 Å². The number of ketones is 1. The number of aromatic nitrogens is 2. The summed E-state index contributed by atoms with van der Waals surface area (Å²) in [6.07, 6.45) is 0.830. The number of aliphatic hydroxyl groups excluding tert-OH is 1. The van der Waals surface area contributed by atoms with Crippen LogP contribution >= 0.6 is 11.3 Å². The lowest BCUT2D eigenvalue weighted by atomic mass is 9.95. The van der Waals surface area contributed by atoms with Crippen molar-refractivity contribution in [2.45, 2.75) is 26.3 Å². The number of Topliss-reactive ketones (excluding diaryl/α,β-unsaturated/α-hetero) is 1. The van der Waals surface area contributed by atoms with Crippen LogP contribution in [0.3, 0.4) is 0 Å². The van der Waals surface area contributed by atoms with Gasteiger partial charge in [0.05, 0.1) is 18.2 Å². The van der Waals surface area contributed by atoms with E-state index in [1.165, 1.54) is 16.2 Å². The summed E-state index contributed by atoms with van der Waals surface area (Å²) in [4.78, 5) is 27.8. The molecule has 1 unspecified atom stereocenters. The van der Waals surface area contributed by atoms with Crippen molar-refractivity contribution < 1.29 is 28.9 Å². The third-order valence-corrected chi connectivity index (χ3v) is 6.47. The van der Waals surface area contributed by atoms with Gasteiger partial charge in [0.25, 0.3) is 5.78 Å². The summed E-state index contributed by atoms with van der Waals surface area (Å²) in [5, 5.41) is 20.4. The molecule has 0 spiro atoms. The first kappa shape index (κ1) is 22.9. The minimum atomic E-state index is -0.916. The van der Waals surface area contributed by atoms with E-state index in [4.69, 9.17) is 14.2 Å². The number of carbonyl (C=O) groups excluding carboxylic acids is 2. The average molecular weight is 494 g/mol. The first-order valence-electron chi connectivity index (χ1n) is 11.2. The van der Waals surface area contributed by atoms with Gasteiger partial charge in [-0.1, -0.05) is 30.4 Å². The van der Waals surface area contributed by atoms with Crippen molar-refractivity contribution in [1.29, 1.82) is 0 Å². The van der Waals surface area contributed by atoms with Gasteiger partial charge in [-0.05, 0) is 49.2 Å². The van der Waals surface area contributed by atoms with Crippen LogP contribution in [-0.4, -0.2) is 46.8 Å². The number of nitrogens with zero attached hydrogens (tertiary/aromatic N) is 3. The molecule has 2 aliphatic rings. The summed E-state index contributed by atoms with van der Waals surface area (Å²) in [7, 11) is 0. The fourth-order valence-electron chi connectivity index (χ4n) is 4.07. The molecule has 1 saturated heterocycles. The van der Waals surface area contributed by atoms with E-state index in [1.54, 1.807) is 49.4 Å². The zero-order chi connectivity index (χ0) is 24.5. The minimum Gasteiger partial charge on any atom is -0.507 e. The van der Waals surface area contributed by atoms with Crippen molar-refractivity contribution in [3.8, 4) is 17.2 Å². The maximum absolute atomic E-state index is 13.3. The molecule has 0 radical (unpaired) electrons. The Bertz CT molecular complexity index is 1330. The van der Waals surface area contributed by atoms with Crippen molar-refractivity contribution in [1.82, 2.24) is 10.2 Å². The molecule has 10 heteroatoms. The van der Waals surface area contributed by atoms with E-state index in [0.717, 1.165) is 6.42 Å². The highest BCUT2D eigenvalue weighted by Gasteiger charge is 2.48. The molecule has 1 N–H and O–H groups in total. The van der Waals surface area contributed by atoms with Gasteiger partial charge in [-0.15, -0.1) is 10.2 Å². The predicted molar refractivity (Wildman–Crippen MR) is 129 cm³/mol. The van der Waals surface area contributed by atoms with E-state index >= 15 is 0 Å². The van der Waals surface area contributed by atoms with Crippen LogP contribution in [0.15, 0.2) is 48.0 Å². The summed E-state index contributed by atoms with van der Waals surface area (Å²) >= 11 is 1.19. The highest BCUT2D eigenvalue weighted by Crippen LogP contribution is 2.44. The summed E-state index contributed by atoms with van der Waals surface area (Å²) in [5.41, 5.74) is 0.890. The summed E-state index contributed by atoms with van der Waals surface area (Å²) in [6, 6.07) is 11.1. The zero-order valence-electron chi connectivity index (χ0n) is 19.2. The summed E-state index contributed by atoms with van der Waals surface area (Å²) in [5.74, 6) is -0.299. The Morgan fingerprint density at radius 3 is 2.69 bits per heavy atom. The van der Waals surface area contributed by atoms with Crippen LogP contribution in [0.25, 0.3) is 5.76 Å². The Morgan fingerprint density at radius 1 is 1.14 bits per heavy atom. The van der Waals surface area contributed by atoms with Crippen LogP contribution in [0.2, 0.25) is 0 Å². The second-order valence-corrected chi connectivity index (χ2v) is 9.21. The third kappa shape index (κ3) is 4.21. The van der Waals surface area contributed by atoms with Crippen LogP contribution in [0.1, 0.15) is 35.5 Å². The normalized spacial score (nSPS) is 18.7. The number of benzene rings is 2. The van der Waals surface area contributed by atoms with Gasteiger partial charge in [-0.2, -0.15) is 0 Å². The monoisotopic (exact) mass is 493 g/mol. The first-order chi connectivity index (χ1) is 17.0. The average Bonchev–Trinajstić information content (AvgIpc) is 3.42. The molecule has 0 aliphatic carbocycles. The number of aliphatic hydroxyl groups is 1. The smallest absolute Gasteiger partial charge is 0.301 e. The zero-order valence-corrected chi connectivity index (χ0v) is 20.0. The molecule has 9 nitrogen and oxygen atoms in total. The topological polar surface area (TPSA) is 111 Å². The second-order valence-electron chi connectivity index (χ2n) is 8.05. The summed E-state index contributed by atoms with van der Waals surface area (Å²) in [6.45, 7) is 5.10. The van der Waals surface area contributed by atoms with Crippen LogP contribution < -0.4 is 19.1 Å². The van der Waals surface area contributed by atoms with Gasteiger partial charge >= 0.3 is 5.91 Å². The molecule has 1 fully saturated rings. The number of amides is 1. The van der Waals surface area contributed by atoms with E-state index in [9.17, 15) is 14.7 Å². The molecule has 5 rings (SSSR count). The minimum absolute atomic E-state index is 0.0489. The highest BCUT2D eigenvalue weighted by molar-refractivity contribution is 7.15. The molecular formula is C25H23N3O6S. The van der Waals surface area contributed by atoms with Crippen LogP contribution in [-0.2, 0) is 9.59 Å². The van der Waals surface area contributed by atoms with Gasteiger partial charge in [-0.3, -0.25) is 14.5 Å². The lowest BCUT2D eigenvalue weighted by molar-refractivity contribution is -0.132. The molecule has 35 heavy (non-hydrogen) atoms. The van der Waals surface area contributed by atoms with Gasteiger partial charge in [-0.25, -0.2) is 0 Å². The number of hydrogen-bond acceptors (Lipinski definition) is 9. The maximum Gasteiger partial charge on any atom is 0.301 e. The van der Waals surface area contributed by atoms with Crippen molar-refractivity contribution in [2.24, 2.45) is 0 Å². The van der Waals surface area contributed by atoms with E-state index in [1.807, 2.05) is 6.92 Å². The first-order valence-corrected chi connectivity index (χ1v) is 12.0. The molecule has 2 aliphatic heterocycles. The number of hydrogen-bond donors (Lipinski definition) is 1. The van der Waals surface area contributed by atoms with Crippen molar-refractivity contribution in [3.63, 3.8) is 0 Å². The number of rotatable bonds is 6. The number of anilines is 1. The summed E-state index contributed by atoms with van der Waals surface area (Å²) < 4.78 is 17.0. The van der Waals surface area contributed by atoms with E-state index in [2.05, 4.69) is 10.2 Å². The molecule has 0 bridgehead atoms. The highest BCUT2D eigenvalue weighted by atomic mass is 32.1. The second kappa shape index (κ2) is 9.38. The van der Waals surface area contributed by atoms with Crippen molar-refractivity contribution in [2.75, 3.05) is 24.7 Å². The number of aryl methyl sites for hydroxylation is 1. The Labute approximate surface area is 205 Å². The van der Waals surface area contributed by atoms with Gasteiger partial charge < -0.3 is 19.3 Å². The Morgan fingerprint density at radius 2 is 1.94 bits per heavy atom. The third-order valence-electron chi connectivity index (χ3n) is 5.63. The van der Waals surface area contributed by atoms with Gasteiger partial charge in [0.15, 0.2) is 11.5 Å². The Kier molecular flexibility index (Phi) is 6.12. The fraction of sp³-hybridized carbons (Fsp3) is 0.280. The van der Waals surface area contributed by atoms with Crippen LogP contribution in [0.5, 0.6) is 17.2 Å². The molecule has 0 saturated carbocycles. The molecule has 1 amide bonds. The molecule has 1 aromatic heterocycles. The number of carbonyl (C=O) groups is 2.